The number of fused-ring (bicyclic) bond motifs is 3. The fourth-order valence-electron chi connectivity index (χ4n) is 13.4. The van der Waals surface area contributed by atoms with Crippen LogP contribution in [0.5, 0.6) is 0 Å². The molecule has 7 rings (SSSR count). The van der Waals surface area contributed by atoms with E-state index in [-0.39, 0.29) is 0 Å². The van der Waals surface area contributed by atoms with E-state index < -0.39 is 0 Å². The first-order valence-corrected chi connectivity index (χ1v) is 11.5. The molecule has 6 bridgehead atoms. The summed E-state index contributed by atoms with van der Waals surface area (Å²) in [5.74, 6) is 8.84. The second-order valence-corrected chi connectivity index (χ2v) is 12.7. The summed E-state index contributed by atoms with van der Waals surface area (Å²) in [6.07, 6.45) is 2.98. The van der Waals surface area contributed by atoms with Gasteiger partial charge in [-0.1, -0.05) is 68.7 Å². The van der Waals surface area contributed by atoms with Crippen LogP contribution in [-0.4, -0.2) is 0 Å². The lowest BCUT2D eigenvalue weighted by Gasteiger charge is -2.79. The van der Waals surface area contributed by atoms with E-state index in [1.807, 2.05) is 0 Å². The summed E-state index contributed by atoms with van der Waals surface area (Å²) in [4.78, 5) is 0. The lowest BCUT2D eigenvalue weighted by Crippen LogP contribution is -2.74. The van der Waals surface area contributed by atoms with Gasteiger partial charge >= 0.3 is 0 Å². The van der Waals surface area contributed by atoms with Gasteiger partial charge in [-0.3, -0.25) is 0 Å². The zero-order valence-electron chi connectivity index (χ0n) is 18.1. The molecule has 7 aliphatic rings. The maximum atomic E-state index is 2.81. The topological polar surface area (TPSA) is 0 Å². The molecule has 14 unspecified atom stereocenters. The molecule has 0 amide bonds. The van der Waals surface area contributed by atoms with Gasteiger partial charge in [-0.05, 0) is 86.8 Å². The molecule has 0 heterocycles. The Morgan fingerprint density at radius 3 is 1.88 bits per heavy atom. The average Bonchev–Trinajstić information content (AvgIpc) is 2.85. The monoisotopic (exact) mass is 340 g/mol. The van der Waals surface area contributed by atoms with Crippen molar-refractivity contribution in [1.29, 1.82) is 0 Å². The second-order valence-electron chi connectivity index (χ2n) is 12.7. The van der Waals surface area contributed by atoms with E-state index in [0.717, 1.165) is 53.3 Å². The Bertz CT molecular complexity index is 692. The molecule has 7 fully saturated rings. The Hall–Kier alpha value is 0. The molecule has 0 saturated heterocycles. The highest BCUT2D eigenvalue weighted by molar-refractivity contribution is 5.43. The molecule has 0 N–H and O–H groups in total. The van der Waals surface area contributed by atoms with Crippen LogP contribution in [0.25, 0.3) is 0 Å². The molecule has 14 atom stereocenters. The Morgan fingerprint density at radius 2 is 1.28 bits per heavy atom. The Labute approximate surface area is 155 Å². The molecule has 0 radical (unpaired) electrons. The molecule has 0 nitrogen and oxygen atoms in total. The first-order valence-electron chi connectivity index (χ1n) is 11.5. The largest absolute Gasteiger partial charge is 0.0651 e. The fourth-order valence-corrected chi connectivity index (χ4v) is 13.4. The quantitative estimate of drug-likeness (QED) is 0.510. The lowest BCUT2D eigenvalue weighted by molar-refractivity contribution is -0.319. The molecule has 0 spiro atoms. The first-order chi connectivity index (χ1) is 11.5. The van der Waals surface area contributed by atoms with Crippen molar-refractivity contribution in [2.75, 3.05) is 0 Å². The summed E-state index contributed by atoms with van der Waals surface area (Å²) in [7, 11) is 0. The molecule has 0 aromatic rings. The molecule has 0 aliphatic heterocycles. The average molecular weight is 341 g/mol. The maximum absolute atomic E-state index is 2.81. The normalized spacial score (nSPS) is 79.8. The number of hydrogen-bond acceptors (Lipinski definition) is 0. The third-order valence-corrected chi connectivity index (χ3v) is 14.5. The van der Waals surface area contributed by atoms with Crippen molar-refractivity contribution in [1.82, 2.24) is 0 Å². The van der Waals surface area contributed by atoms with Crippen molar-refractivity contribution in [2.45, 2.75) is 75.2 Å². The van der Waals surface area contributed by atoms with E-state index in [0.29, 0.717) is 27.1 Å². The van der Waals surface area contributed by atoms with Gasteiger partial charge in [0.1, 0.15) is 0 Å². The minimum absolute atomic E-state index is 0.552. The van der Waals surface area contributed by atoms with E-state index in [1.165, 1.54) is 6.42 Å². The second kappa shape index (κ2) is 3.65. The summed E-state index contributed by atoms with van der Waals surface area (Å²) in [5, 5.41) is 0. The van der Waals surface area contributed by atoms with Gasteiger partial charge in [0.15, 0.2) is 0 Å². The fraction of sp³-hybridized carbons (Fsp3) is 1.00. The third kappa shape index (κ3) is 0.943. The summed E-state index contributed by atoms with van der Waals surface area (Å²) < 4.78 is 0. The Morgan fingerprint density at radius 1 is 0.680 bits per heavy atom. The van der Waals surface area contributed by atoms with Crippen molar-refractivity contribution < 1.29 is 0 Å². The molecule has 140 valence electrons. The van der Waals surface area contributed by atoms with Crippen LogP contribution in [0.4, 0.5) is 0 Å². The smallest absolute Gasteiger partial charge is 0.0170 e. The van der Waals surface area contributed by atoms with Gasteiger partial charge in [0.25, 0.3) is 0 Å². The highest BCUT2D eigenvalue weighted by Gasteiger charge is 2.96. The molecule has 0 aromatic carbocycles. The van der Waals surface area contributed by atoms with Gasteiger partial charge in [0.05, 0.1) is 0 Å². The Kier molecular flexibility index (Phi) is 2.33. The minimum atomic E-state index is 0.552. The number of rotatable bonds is 1. The zero-order chi connectivity index (χ0) is 18.1. The predicted molar refractivity (Wildman–Crippen MR) is 104 cm³/mol. The highest BCUT2D eigenvalue weighted by Crippen LogP contribution is 3.00. The van der Waals surface area contributed by atoms with Gasteiger partial charge in [-0.15, -0.1) is 0 Å². The summed E-state index contributed by atoms with van der Waals surface area (Å²) in [6, 6.07) is 0. The van der Waals surface area contributed by atoms with Gasteiger partial charge in [-0.25, -0.2) is 0 Å². The molecule has 0 aromatic heterocycles. The molecule has 7 aliphatic carbocycles. The standard InChI is InChI=1S/C25H40/c1-10-15-12(2)22(6)14(4)18-20-19-17-11-16(21(15,20)5)13(3)23(17,7)25(19,9)24(18,22)8/h12-20H,10-11H2,1-9H3. The van der Waals surface area contributed by atoms with Crippen molar-refractivity contribution in [3.05, 3.63) is 0 Å². The van der Waals surface area contributed by atoms with Crippen LogP contribution >= 0.6 is 0 Å². The van der Waals surface area contributed by atoms with Crippen LogP contribution in [0.1, 0.15) is 75.2 Å². The van der Waals surface area contributed by atoms with E-state index >= 15 is 0 Å². The van der Waals surface area contributed by atoms with Gasteiger partial charge in [0.2, 0.25) is 0 Å². The first kappa shape index (κ1) is 16.0. The Balaban J connectivity index is 1.74. The van der Waals surface area contributed by atoms with Crippen LogP contribution in [0.15, 0.2) is 0 Å². The van der Waals surface area contributed by atoms with Crippen LogP contribution in [-0.2, 0) is 0 Å². The SMILES string of the molecule is CCC1C(C)C2(C)C(C)C3C4C5C6CC(C(C)C6(C)C5(C)C32C)C14C. The summed E-state index contributed by atoms with van der Waals surface area (Å²) in [6.45, 7) is 24.5. The molecular formula is C25H40. The van der Waals surface area contributed by atoms with Gasteiger partial charge in [-0.2, -0.15) is 0 Å². The molecule has 7 saturated carbocycles. The van der Waals surface area contributed by atoms with Crippen molar-refractivity contribution in [3.63, 3.8) is 0 Å². The minimum Gasteiger partial charge on any atom is -0.0651 e. The van der Waals surface area contributed by atoms with Crippen LogP contribution < -0.4 is 0 Å². The molecule has 25 heavy (non-hydrogen) atoms. The summed E-state index contributed by atoms with van der Waals surface area (Å²) in [5.41, 5.74) is 2.95. The zero-order valence-corrected chi connectivity index (χ0v) is 18.1. The van der Waals surface area contributed by atoms with Crippen LogP contribution in [0.2, 0.25) is 0 Å². The van der Waals surface area contributed by atoms with Crippen molar-refractivity contribution >= 4 is 0 Å². The van der Waals surface area contributed by atoms with Crippen LogP contribution in [0, 0.1) is 80.3 Å². The van der Waals surface area contributed by atoms with E-state index in [1.54, 1.807) is 6.42 Å². The lowest BCUT2D eigenvalue weighted by atomic mass is 9.25. The third-order valence-electron chi connectivity index (χ3n) is 14.5. The van der Waals surface area contributed by atoms with Crippen molar-refractivity contribution in [2.24, 2.45) is 80.3 Å². The van der Waals surface area contributed by atoms with Gasteiger partial charge < -0.3 is 0 Å². The van der Waals surface area contributed by atoms with E-state index in [2.05, 4.69) is 62.3 Å². The maximum Gasteiger partial charge on any atom is -0.0170 e. The van der Waals surface area contributed by atoms with E-state index in [9.17, 15) is 0 Å². The number of hydrogen-bond donors (Lipinski definition) is 0. The predicted octanol–water partition coefficient (Wildman–Crippen LogP) is 6.51. The van der Waals surface area contributed by atoms with Crippen molar-refractivity contribution in [3.8, 4) is 0 Å². The molecule has 0 heteroatoms. The van der Waals surface area contributed by atoms with Crippen LogP contribution in [0.3, 0.4) is 0 Å². The highest BCUT2D eigenvalue weighted by atomic mass is 15.0. The van der Waals surface area contributed by atoms with Gasteiger partial charge in [0, 0.05) is 0 Å². The molecular weight excluding hydrogens is 300 g/mol. The summed E-state index contributed by atoms with van der Waals surface area (Å²) >= 11 is 0. The van der Waals surface area contributed by atoms with E-state index in [4.69, 9.17) is 0 Å².